The molecule has 10 heteroatoms. The molecule has 0 spiro atoms. The topological polar surface area (TPSA) is 111 Å². The van der Waals surface area contributed by atoms with E-state index >= 15 is 0 Å². The predicted octanol–water partition coefficient (Wildman–Crippen LogP) is 3.31. The molecule has 0 bridgehead atoms. The van der Waals surface area contributed by atoms with Crippen molar-refractivity contribution >= 4 is 33.2 Å². The highest BCUT2D eigenvalue weighted by molar-refractivity contribution is 7.20. The van der Waals surface area contributed by atoms with Crippen molar-refractivity contribution in [1.82, 2.24) is 24.9 Å². The smallest absolute Gasteiger partial charge is 0.271 e. The summed E-state index contributed by atoms with van der Waals surface area (Å²) >= 11 is 1.19. The molecule has 1 aliphatic carbocycles. The van der Waals surface area contributed by atoms with Gasteiger partial charge in [0.25, 0.3) is 11.8 Å². The van der Waals surface area contributed by atoms with E-state index in [1.54, 1.807) is 19.5 Å². The lowest BCUT2D eigenvalue weighted by Gasteiger charge is -2.13. The van der Waals surface area contributed by atoms with Crippen LogP contribution in [0.2, 0.25) is 0 Å². The maximum absolute atomic E-state index is 13.1. The summed E-state index contributed by atoms with van der Waals surface area (Å²) in [6.45, 7) is 1.87. The Bertz CT molecular complexity index is 1310. The first-order valence-electron chi connectivity index (χ1n) is 10.1. The van der Waals surface area contributed by atoms with E-state index in [1.165, 1.54) is 15.9 Å². The molecule has 32 heavy (non-hydrogen) atoms. The number of benzene rings is 1. The number of ether oxygens (including phenoxy) is 1. The lowest BCUT2D eigenvalue weighted by Crippen LogP contribution is -2.25. The molecule has 5 rings (SSSR count). The maximum Gasteiger partial charge on any atom is 0.271 e. The number of nitrogens with one attached hydrogen (secondary N) is 2. The van der Waals surface area contributed by atoms with E-state index in [0.29, 0.717) is 32.7 Å². The monoisotopic (exact) mass is 448 g/mol. The number of carbonyl (C=O) groups is 2. The van der Waals surface area contributed by atoms with Gasteiger partial charge < -0.3 is 10.1 Å². The van der Waals surface area contributed by atoms with Crippen molar-refractivity contribution in [2.24, 2.45) is 0 Å². The number of fused-ring (bicyclic) bond motifs is 1. The molecule has 1 saturated carbocycles. The van der Waals surface area contributed by atoms with Gasteiger partial charge in [-0.1, -0.05) is 29.5 Å². The second-order valence-corrected chi connectivity index (χ2v) is 8.49. The highest BCUT2D eigenvalue weighted by Gasteiger charge is 2.25. The van der Waals surface area contributed by atoms with Crippen LogP contribution in [0.25, 0.3) is 16.1 Å². The molecule has 4 aromatic rings. The van der Waals surface area contributed by atoms with Gasteiger partial charge in [-0.05, 0) is 31.9 Å². The number of rotatable bonds is 6. The van der Waals surface area contributed by atoms with Gasteiger partial charge in [-0.2, -0.15) is 0 Å². The van der Waals surface area contributed by atoms with Crippen LogP contribution in [-0.4, -0.2) is 44.5 Å². The van der Waals surface area contributed by atoms with Crippen molar-refractivity contribution in [3.63, 3.8) is 0 Å². The number of pyridine rings is 1. The summed E-state index contributed by atoms with van der Waals surface area (Å²) in [6.07, 6.45) is 5.12. The Labute approximate surface area is 187 Å². The number of carbonyl (C=O) groups excluding carboxylic acids is 2. The zero-order chi connectivity index (χ0) is 22.2. The SMILES string of the molecule is COc1ccccc1-c1cc(C)ncc1C(=O)Nc1nn2cc(C(=O)NC3CC3)nc2s1. The van der Waals surface area contributed by atoms with Crippen molar-refractivity contribution in [2.75, 3.05) is 12.4 Å². The summed E-state index contributed by atoms with van der Waals surface area (Å²) in [5, 5.41) is 10.4. The first-order valence-corrected chi connectivity index (χ1v) is 10.9. The van der Waals surface area contributed by atoms with Gasteiger partial charge in [0.2, 0.25) is 10.1 Å². The second-order valence-electron chi connectivity index (χ2n) is 7.53. The van der Waals surface area contributed by atoms with Crippen LogP contribution >= 0.6 is 11.3 Å². The number of amides is 2. The molecular formula is C22H20N6O3S. The minimum atomic E-state index is -0.345. The Morgan fingerprint density at radius 2 is 2.00 bits per heavy atom. The third-order valence-corrected chi connectivity index (χ3v) is 5.93. The molecule has 2 N–H and O–H groups in total. The molecule has 3 aromatic heterocycles. The van der Waals surface area contributed by atoms with Gasteiger partial charge in [0, 0.05) is 29.1 Å². The van der Waals surface area contributed by atoms with Gasteiger partial charge in [0.1, 0.15) is 11.4 Å². The highest BCUT2D eigenvalue weighted by Crippen LogP contribution is 2.33. The zero-order valence-corrected chi connectivity index (χ0v) is 18.3. The summed E-state index contributed by atoms with van der Waals surface area (Å²) in [5.41, 5.74) is 3.01. The number of aromatic nitrogens is 4. The normalized spacial score (nSPS) is 13.2. The summed E-state index contributed by atoms with van der Waals surface area (Å²) in [4.78, 5) is 34.4. The molecule has 0 radical (unpaired) electrons. The molecule has 9 nitrogen and oxygen atoms in total. The van der Waals surface area contributed by atoms with Crippen LogP contribution in [0.15, 0.2) is 42.7 Å². The van der Waals surface area contributed by atoms with E-state index < -0.39 is 0 Å². The van der Waals surface area contributed by atoms with Crippen molar-refractivity contribution in [3.05, 3.63) is 59.7 Å². The summed E-state index contributed by atoms with van der Waals surface area (Å²) < 4.78 is 6.97. The third-order valence-electron chi connectivity index (χ3n) is 5.09. The Hall–Kier alpha value is -3.79. The van der Waals surface area contributed by atoms with Crippen LogP contribution in [0.5, 0.6) is 5.75 Å². The standard InChI is InChI=1S/C22H20N6O3S/c1-12-9-15(14-5-3-4-6-18(14)31-2)16(10-23-12)19(29)26-21-27-28-11-17(25-22(28)32-21)20(30)24-13-7-8-13/h3-6,9-11,13H,7-8H2,1-2H3,(H,24,30)(H,26,27,29). The molecule has 162 valence electrons. The zero-order valence-electron chi connectivity index (χ0n) is 17.5. The average molecular weight is 449 g/mol. The number of hydrogen-bond acceptors (Lipinski definition) is 7. The summed E-state index contributed by atoms with van der Waals surface area (Å²) in [6, 6.07) is 9.62. The van der Waals surface area contributed by atoms with Crippen molar-refractivity contribution < 1.29 is 14.3 Å². The van der Waals surface area contributed by atoms with E-state index in [2.05, 4.69) is 25.7 Å². The molecule has 1 aliphatic rings. The molecule has 0 atom stereocenters. The molecular weight excluding hydrogens is 428 g/mol. The van der Waals surface area contributed by atoms with E-state index in [1.807, 2.05) is 37.3 Å². The van der Waals surface area contributed by atoms with Gasteiger partial charge in [0.05, 0.1) is 18.9 Å². The van der Waals surface area contributed by atoms with E-state index in [-0.39, 0.29) is 17.9 Å². The van der Waals surface area contributed by atoms with E-state index in [4.69, 9.17) is 4.74 Å². The Kier molecular flexibility index (Phi) is 5.06. The second kappa shape index (κ2) is 8.04. The number of para-hydroxylation sites is 1. The Morgan fingerprint density at radius 1 is 1.19 bits per heavy atom. The fourth-order valence-electron chi connectivity index (χ4n) is 3.34. The van der Waals surface area contributed by atoms with E-state index in [0.717, 1.165) is 24.1 Å². The third kappa shape index (κ3) is 3.92. The fourth-order valence-corrected chi connectivity index (χ4v) is 4.12. The summed E-state index contributed by atoms with van der Waals surface area (Å²) in [7, 11) is 1.59. The molecule has 0 saturated heterocycles. The minimum absolute atomic E-state index is 0.206. The molecule has 1 aromatic carbocycles. The first kappa shape index (κ1) is 20.1. The quantitative estimate of drug-likeness (QED) is 0.468. The van der Waals surface area contributed by atoms with Gasteiger partial charge in [-0.25, -0.2) is 9.50 Å². The number of imidazole rings is 1. The largest absolute Gasteiger partial charge is 0.496 e. The van der Waals surface area contributed by atoms with E-state index in [9.17, 15) is 9.59 Å². The van der Waals surface area contributed by atoms with Crippen LogP contribution < -0.4 is 15.4 Å². The summed E-state index contributed by atoms with van der Waals surface area (Å²) in [5.74, 6) is 0.113. The van der Waals surface area contributed by atoms with Gasteiger partial charge in [-0.3, -0.25) is 19.9 Å². The van der Waals surface area contributed by atoms with Crippen molar-refractivity contribution in [3.8, 4) is 16.9 Å². The Balaban J connectivity index is 1.41. The lowest BCUT2D eigenvalue weighted by atomic mass is 9.99. The highest BCUT2D eigenvalue weighted by atomic mass is 32.1. The molecule has 2 amide bonds. The molecule has 0 unspecified atom stereocenters. The van der Waals surface area contributed by atoms with Crippen LogP contribution in [0.4, 0.5) is 5.13 Å². The van der Waals surface area contributed by atoms with Crippen molar-refractivity contribution in [1.29, 1.82) is 0 Å². The fraction of sp³-hybridized carbons (Fsp3) is 0.227. The lowest BCUT2D eigenvalue weighted by molar-refractivity contribution is 0.0945. The number of nitrogens with zero attached hydrogens (tertiary/aromatic N) is 4. The van der Waals surface area contributed by atoms with Gasteiger partial charge in [0.15, 0.2) is 0 Å². The van der Waals surface area contributed by atoms with Gasteiger partial charge >= 0.3 is 0 Å². The predicted molar refractivity (Wildman–Crippen MR) is 120 cm³/mol. The number of aryl methyl sites for hydroxylation is 1. The van der Waals surface area contributed by atoms with Crippen LogP contribution in [0, 0.1) is 6.92 Å². The first-order chi connectivity index (χ1) is 15.5. The van der Waals surface area contributed by atoms with Crippen LogP contribution in [-0.2, 0) is 0 Å². The number of methoxy groups -OCH3 is 1. The number of hydrogen-bond donors (Lipinski definition) is 2. The van der Waals surface area contributed by atoms with Crippen molar-refractivity contribution in [2.45, 2.75) is 25.8 Å². The number of anilines is 1. The molecule has 3 heterocycles. The van der Waals surface area contributed by atoms with Gasteiger partial charge in [-0.15, -0.1) is 5.10 Å². The average Bonchev–Trinajstić information content (AvgIpc) is 3.39. The van der Waals surface area contributed by atoms with Crippen LogP contribution in [0.3, 0.4) is 0 Å². The Morgan fingerprint density at radius 3 is 2.75 bits per heavy atom. The maximum atomic E-state index is 13.1. The molecule has 0 aliphatic heterocycles. The minimum Gasteiger partial charge on any atom is -0.496 e. The van der Waals surface area contributed by atoms with Crippen LogP contribution in [0.1, 0.15) is 39.4 Å². The molecule has 1 fully saturated rings.